The van der Waals surface area contributed by atoms with E-state index in [1.54, 1.807) is 0 Å². The second kappa shape index (κ2) is 11.4. The van der Waals surface area contributed by atoms with E-state index in [0.717, 1.165) is 17.1 Å². The first-order valence-electron chi connectivity index (χ1n) is 18.5. The molecule has 248 valence electrons. The van der Waals surface area contributed by atoms with Crippen LogP contribution in [0.15, 0.2) is 194 Å². The molecule has 2 aliphatic carbocycles. The van der Waals surface area contributed by atoms with Crippen LogP contribution in [0.4, 0.5) is 17.1 Å². The highest BCUT2D eigenvalue weighted by Gasteiger charge is 2.51. The van der Waals surface area contributed by atoms with E-state index in [1.165, 1.54) is 82.7 Å². The van der Waals surface area contributed by atoms with E-state index in [2.05, 4.69) is 206 Å². The minimum absolute atomic E-state index is 0.393. The van der Waals surface area contributed by atoms with Crippen LogP contribution in [0.5, 0.6) is 0 Å². The van der Waals surface area contributed by atoms with Crippen LogP contribution in [0.1, 0.15) is 27.8 Å². The monoisotopic (exact) mass is 673 g/mol. The lowest BCUT2D eigenvalue weighted by molar-refractivity contribution is 0.793. The smallest absolute Gasteiger partial charge is 0.0726 e. The van der Waals surface area contributed by atoms with Gasteiger partial charge in [-0.1, -0.05) is 157 Å². The molecule has 0 saturated heterocycles. The molecule has 9 aromatic rings. The molecule has 0 heterocycles. The topological polar surface area (TPSA) is 3.24 Å². The average Bonchev–Trinajstić information content (AvgIpc) is 3.68. The number of nitrogens with zero attached hydrogens (tertiary/aromatic N) is 1. The molecule has 0 N–H and O–H groups in total. The van der Waals surface area contributed by atoms with Crippen LogP contribution in [0, 0.1) is 6.92 Å². The molecule has 11 rings (SSSR count). The zero-order valence-electron chi connectivity index (χ0n) is 29.4. The molecule has 0 fully saturated rings. The fourth-order valence-corrected chi connectivity index (χ4v) is 9.38. The van der Waals surface area contributed by atoms with Gasteiger partial charge in [-0.2, -0.15) is 0 Å². The van der Waals surface area contributed by atoms with E-state index < -0.39 is 5.41 Å². The summed E-state index contributed by atoms with van der Waals surface area (Å²) in [5.41, 5.74) is 17.5. The molecule has 1 nitrogen and oxygen atoms in total. The zero-order chi connectivity index (χ0) is 35.1. The Bertz CT molecular complexity index is 2850. The first-order valence-corrected chi connectivity index (χ1v) is 18.5. The van der Waals surface area contributed by atoms with Crippen LogP contribution >= 0.6 is 0 Å². The Morgan fingerprint density at radius 2 is 0.849 bits per heavy atom. The SMILES string of the molecule is Cc1ccc(N(c2ccc3c(c2)C2(c4ccccc4-c4ccccc42)c2ccccc2-3)c2ccc3cc(-c4cccc5ccccc45)ccc3c2)cc1. The summed E-state index contributed by atoms with van der Waals surface area (Å²) in [5.74, 6) is 0. The summed E-state index contributed by atoms with van der Waals surface area (Å²) in [4.78, 5) is 2.43. The van der Waals surface area contributed by atoms with Gasteiger partial charge in [0, 0.05) is 17.1 Å². The molecule has 0 aliphatic heterocycles. The van der Waals surface area contributed by atoms with Crippen molar-refractivity contribution in [3.05, 3.63) is 222 Å². The van der Waals surface area contributed by atoms with Crippen molar-refractivity contribution < 1.29 is 0 Å². The van der Waals surface area contributed by atoms with Crippen LogP contribution in [0.3, 0.4) is 0 Å². The predicted octanol–water partition coefficient (Wildman–Crippen LogP) is 13.8. The minimum Gasteiger partial charge on any atom is -0.310 e. The summed E-state index contributed by atoms with van der Waals surface area (Å²) in [7, 11) is 0. The van der Waals surface area contributed by atoms with Crippen molar-refractivity contribution >= 4 is 38.6 Å². The van der Waals surface area contributed by atoms with Gasteiger partial charge in [-0.15, -0.1) is 0 Å². The van der Waals surface area contributed by atoms with Gasteiger partial charge < -0.3 is 4.90 Å². The van der Waals surface area contributed by atoms with Crippen molar-refractivity contribution in [2.45, 2.75) is 12.3 Å². The van der Waals surface area contributed by atoms with Gasteiger partial charge in [0.05, 0.1) is 5.41 Å². The van der Waals surface area contributed by atoms with Gasteiger partial charge in [-0.05, 0) is 127 Å². The number of hydrogen-bond acceptors (Lipinski definition) is 1. The maximum absolute atomic E-state index is 2.47. The van der Waals surface area contributed by atoms with Crippen molar-refractivity contribution in [1.29, 1.82) is 0 Å². The summed E-state index contributed by atoms with van der Waals surface area (Å²) in [5, 5.41) is 4.98. The van der Waals surface area contributed by atoms with Crippen LogP contribution in [-0.2, 0) is 5.41 Å². The van der Waals surface area contributed by atoms with Crippen molar-refractivity contribution in [2.75, 3.05) is 4.90 Å². The Kier molecular flexibility index (Phi) is 6.45. The van der Waals surface area contributed by atoms with Crippen LogP contribution in [0.2, 0.25) is 0 Å². The van der Waals surface area contributed by atoms with Gasteiger partial charge in [0.1, 0.15) is 0 Å². The maximum atomic E-state index is 2.47. The number of benzene rings is 9. The minimum atomic E-state index is -0.393. The van der Waals surface area contributed by atoms with Crippen LogP contribution in [0.25, 0.3) is 54.9 Å². The molecule has 2 aliphatic rings. The second-order valence-electron chi connectivity index (χ2n) is 14.6. The molecule has 0 atom stereocenters. The third-order valence-electron chi connectivity index (χ3n) is 11.7. The quantitative estimate of drug-likeness (QED) is 0.180. The average molecular weight is 674 g/mol. The number of hydrogen-bond donors (Lipinski definition) is 0. The molecule has 1 heteroatoms. The van der Waals surface area contributed by atoms with Gasteiger partial charge in [-0.25, -0.2) is 0 Å². The van der Waals surface area contributed by atoms with Crippen molar-refractivity contribution in [2.24, 2.45) is 0 Å². The number of aryl methyl sites for hydroxylation is 1. The molecule has 0 saturated carbocycles. The maximum Gasteiger partial charge on any atom is 0.0726 e. The van der Waals surface area contributed by atoms with E-state index >= 15 is 0 Å². The summed E-state index contributed by atoms with van der Waals surface area (Å²) >= 11 is 0. The summed E-state index contributed by atoms with van der Waals surface area (Å²) in [6.07, 6.45) is 0. The molecule has 0 aromatic heterocycles. The molecular weight excluding hydrogens is 639 g/mol. The highest BCUT2D eigenvalue weighted by molar-refractivity contribution is 6.00. The summed E-state index contributed by atoms with van der Waals surface area (Å²) in [6.45, 7) is 2.16. The summed E-state index contributed by atoms with van der Waals surface area (Å²) in [6, 6.07) is 72.2. The lowest BCUT2D eigenvalue weighted by Crippen LogP contribution is -2.26. The Morgan fingerprint density at radius 3 is 1.57 bits per heavy atom. The summed E-state index contributed by atoms with van der Waals surface area (Å²) < 4.78 is 0. The molecule has 0 amide bonds. The Balaban J connectivity index is 1.11. The Labute approximate surface area is 310 Å². The molecule has 0 unspecified atom stereocenters. The molecule has 0 bridgehead atoms. The molecule has 9 aromatic carbocycles. The van der Waals surface area contributed by atoms with Crippen LogP contribution < -0.4 is 4.90 Å². The predicted molar refractivity (Wildman–Crippen MR) is 223 cm³/mol. The third-order valence-corrected chi connectivity index (χ3v) is 11.7. The van der Waals surface area contributed by atoms with Crippen molar-refractivity contribution in [1.82, 2.24) is 0 Å². The first-order chi connectivity index (χ1) is 26.2. The fraction of sp³-hybridized carbons (Fsp3) is 0.0385. The van der Waals surface area contributed by atoms with E-state index in [-0.39, 0.29) is 0 Å². The number of anilines is 3. The Morgan fingerprint density at radius 1 is 0.340 bits per heavy atom. The van der Waals surface area contributed by atoms with Crippen molar-refractivity contribution in [3.63, 3.8) is 0 Å². The van der Waals surface area contributed by atoms with Gasteiger partial charge >= 0.3 is 0 Å². The first kappa shape index (κ1) is 30.0. The number of rotatable bonds is 4. The molecule has 1 spiro atoms. The fourth-order valence-electron chi connectivity index (χ4n) is 9.38. The normalized spacial score (nSPS) is 13.2. The van der Waals surface area contributed by atoms with E-state index in [4.69, 9.17) is 0 Å². The van der Waals surface area contributed by atoms with Gasteiger partial charge in [0.2, 0.25) is 0 Å². The molecular formula is C52H35N. The largest absolute Gasteiger partial charge is 0.310 e. The van der Waals surface area contributed by atoms with Gasteiger partial charge in [0.15, 0.2) is 0 Å². The molecule has 0 radical (unpaired) electrons. The van der Waals surface area contributed by atoms with E-state index in [9.17, 15) is 0 Å². The van der Waals surface area contributed by atoms with E-state index in [0.29, 0.717) is 0 Å². The molecule has 53 heavy (non-hydrogen) atoms. The van der Waals surface area contributed by atoms with Gasteiger partial charge in [-0.3, -0.25) is 0 Å². The van der Waals surface area contributed by atoms with Crippen LogP contribution in [-0.4, -0.2) is 0 Å². The highest BCUT2D eigenvalue weighted by atomic mass is 15.1. The van der Waals surface area contributed by atoms with Crippen molar-refractivity contribution in [3.8, 4) is 33.4 Å². The number of fused-ring (bicyclic) bond motifs is 12. The van der Waals surface area contributed by atoms with Gasteiger partial charge in [0.25, 0.3) is 0 Å². The second-order valence-corrected chi connectivity index (χ2v) is 14.6. The highest BCUT2D eigenvalue weighted by Crippen LogP contribution is 2.63. The Hall–Kier alpha value is -6.70. The third kappa shape index (κ3) is 4.31. The lowest BCUT2D eigenvalue weighted by Gasteiger charge is -2.32. The zero-order valence-corrected chi connectivity index (χ0v) is 29.4. The standard InChI is InChI=1S/C52H35N/c1-34-21-26-39(27-22-34)53(40-28-25-36-31-38(24-23-37(36)32-40)43-17-10-12-35-11-2-3-13-42(35)43)41-29-30-47-46-16-6-9-20-50(46)52(51(47)33-41)48-18-7-4-14-44(48)45-15-5-8-19-49(45)52/h2-33H,1H3. The van der Waals surface area contributed by atoms with E-state index in [1.807, 2.05) is 0 Å². The lowest BCUT2D eigenvalue weighted by atomic mass is 9.70.